The van der Waals surface area contributed by atoms with Gasteiger partial charge in [0, 0.05) is 38.2 Å². The number of hydrogen-bond donors (Lipinski definition) is 0. The van der Waals surface area contributed by atoms with E-state index < -0.39 is 15.8 Å². The predicted molar refractivity (Wildman–Crippen MR) is 107 cm³/mol. The molecule has 0 atom stereocenters. The molecule has 1 saturated carbocycles. The number of piperazine rings is 1. The van der Waals surface area contributed by atoms with Crippen LogP contribution in [0.4, 0.5) is 0 Å². The summed E-state index contributed by atoms with van der Waals surface area (Å²) in [6.45, 7) is 2.33. The van der Waals surface area contributed by atoms with Gasteiger partial charge in [-0.1, -0.05) is 11.6 Å². The summed E-state index contributed by atoms with van der Waals surface area (Å²) in [5.41, 5.74) is 0.713. The average Bonchev–Trinajstić information content (AvgIpc) is 3.25. The van der Waals surface area contributed by atoms with Crippen LogP contribution in [0.1, 0.15) is 36.9 Å². The number of sulfonamides is 1. The van der Waals surface area contributed by atoms with Crippen LogP contribution in [0.15, 0.2) is 36.8 Å². The van der Waals surface area contributed by atoms with E-state index in [9.17, 15) is 13.2 Å². The van der Waals surface area contributed by atoms with Gasteiger partial charge in [0.25, 0.3) is 0 Å². The number of aromatic nitrogens is 3. The molecular formula is C19H23N5O5S. The predicted octanol–water partition coefficient (Wildman–Crippen LogP) is 1.23. The number of hydrogen-bond acceptors (Lipinski definition) is 8. The van der Waals surface area contributed by atoms with Crippen molar-refractivity contribution in [3.8, 4) is 0 Å². The van der Waals surface area contributed by atoms with Crippen LogP contribution in [0.25, 0.3) is 11.1 Å². The summed E-state index contributed by atoms with van der Waals surface area (Å²) < 4.78 is 39.4. The van der Waals surface area contributed by atoms with Gasteiger partial charge in [0.05, 0.1) is 17.0 Å². The lowest BCUT2D eigenvalue weighted by atomic mass is 9.85. The summed E-state index contributed by atoms with van der Waals surface area (Å²) in [6, 6.07) is 4.52. The Labute approximate surface area is 173 Å². The molecule has 160 valence electrons. The van der Waals surface area contributed by atoms with E-state index in [1.807, 2.05) is 7.05 Å². The normalized spacial score (nSPS) is 19.4. The maximum atomic E-state index is 13.0. The van der Waals surface area contributed by atoms with Crippen LogP contribution < -0.4 is 5.76 Å². The zero-order valence-corrected chi connectivity index (χ0v) is 17.5. The number of fused-ring (bicyclic) bond motifs is 1. The van der Waals surface area contributed by atoms with E-state index in [1.165, 1.54) is 21.0 Å². The Kier molecular flexibility index (Phi) is 4.75. The van der Waals surface area contributed by atoms with E-state index in [1.54, 1.807) is 6.07 Å². The van der Waals surface area contributed by atoms with Gasteiger partial charge in [0.1, 0.15) is 0 Å². The van der Waals surface area contributed by atoms with E-state index in [0.717, 1.165) is 19.3 Å². The summed E-state index contributed by atoms with van der Waals surface area (Å²) in [7, 11) is -1.68. The second-order valence-corrected chi connectivity index (χ2v) is 9.91. The summed E-state index contributed by atoms with van der Waals surface area (Å²) in [5.74, 6) is 0.731. The molecule has 11 heteroatoms. The summed E-state index contributed by atoms with van der Waals surface area (Å²) in [6.07, 6.45) is 3.25. The zero-order valence-electron chi connectivity index (χ0n) is 16.7. The molecule has 2 aliphatic rings. The SMILES string of the molecule is CN1CCN(S(=O)(=O)c2ccc3c(c2)oc(=O)n3Cc2noc(C3CCC3)n2)CC1. The first kappa shape index (κ1) is 19.5. The molecule has 0 unspecified atom stereocenters. The Hall–Kier alpha value is -2.50. The Morgan fingerprint density at radius 3 is 2.63 bits per heavy atom. The average molecular weight is 433 g/mol. The highest BCUT2D eigenvalue weighted by Gasteiger charge is 2.29. The molecule has 5 rings (SSSR count). The van der Waals surface area contributed by atoms with Crippen LogP contribution in [0.3, 0.4) is 0 Å². The van der Waals surface area contributed by atoms with Crippen molar-refractivity contribution < 1.29 is 17.4 Å². The number of nitrogens with zero attached hydrogens (tertiary/aromatic N) is 5. The number of rotatable bonds is 5. The Balaban J connectivity index is 1.42. The lowest BCUT2D eigenvalue weighted by Crippen LogP contribution is -2.46. The molecule has 3 aromatic rings. The van der Waals surface area contributed by atoms with E-state index in [-0.39, 0.29) is 17.0 Å². The van der Waals surface area contributed by atoms with Gasteiger partial charge in [-0.05, 0) is 32.0 Å². The quantitative estimate of drug-likeness (QED) is 0.590. The van der Waals surface area contributed by atoms with Crippen LogP contribution in [0, 0.1) is 0 Å². The fourth-order valence-corrected chi connectivity index (χ4v) is 5.27. The van der Waals surface area contributed by atoms with Gasteiger partial charge in [-0.2, -0.15) is 9.29 Å². The third-order valence-corrected chi connectivity index (χ3v) is 7.87. The van der Waals surface area contributed by atoms with Crippen molar-refractivity contribution in [2.24, 2.45) is 0 Å². The molecule has 1 aliphatic heterocycles. The van der Waals surface area contributed by atoms with Crippen molar-refractivity contribution in [1.82, 2.24) is 23.9 Å². The van der Waals surface area contributed by atoms with Crippen molar-refractivity contribution in [2.45, 2.75) is 36.6 Å². The maximum absolute atomic E-state index is 13.0. The van der Waals surface area contributed by atoms with Gasteiger partial charge in [0.2, 0.25) is 15.9 Å². The minimum atomic E-state index is -3.65. The third-order valence-electron chi connectivity index (χ3n) is 5.98. The number of likely N-dealkylation sites (N-methyl/N-ethyl adjacent to an activating group) is 1. The molecule has 30 heavy (non-hydrogen) atoms. The molecular weight excluding hydrogens is 410 g/mol. The molecule has 0 N–H and O–H groups in total. The molecule has 3 heterocycles. The van der Waals surface area contributed by atoms with Crippen LogP contribution in [-0.4, -0.2) is 65.6 Å². The largest absolute Gasteiger partial charge is 0.420 e. The second-order valence-electron chi connectivity index (χ2n) is 7.97. The van der Waals surface area contributed by atoms with Crippen molar-refractivity contribution in [3.05, 3.63) is 40.5 Å². The summed E-state index contributed by atoms with van der Waals surface area (Å²) >= 11 is 0. The van der Waals surface area contributed by atoms with Crippen molar-refractivity contribution in [3.63, 3.8) is 0 Å². The van der Waals surface area contributed by atoms with Gasteiger partial charge < -0.3 is 13.8 Å². The van der Waals surface area contributed by atoms with Gasteiger partial charge in [-0.3, -0.25) is 4.57 Å². The molecule has 0 bridgehead atoms. The minimum absolute atomic E-state index is 0.104. The smallest absolute Gasteiger partial charge is 0.408 e. The lowest BCUT2D eigenvalue weighted by molar-refractivity contribution is 0.222. The third kappa shape index (κ3) is 3.36. The van der Waals surface area contributed by atoms with Gasteiger partial charge in [0.15, 0.2) is 11.4 Å². The topological polar surface area (TPSA) is 115 Å². The first-order chi connectivity index (χ1) is 14.4. The number of benzene rings is 1. The maximum Gasteiger partial charge on any atom is 0.420 e. The standard InChI is InChI=1S/C19H23N5O5S/c1-22-7-9-23(10-8-22)30(26,27)14-5-6-15-16(11-14)28-19(25)24(15)12-17-20-18(29-21-17)13-3-2-4-13/h5-6,11,13H,2-4,7-10,12H2,1H3. The highest BCUT2D eigenvalue weighted by atomic mass is 32.2. The molecule has 1 saturated heterocycles. The Bertz CT molecular complexity index is 1230. The molecule has 0 radical (unpaired) electrons. The first-order valence-corrected chi connectivity index (χ1v) is 11.5. The summed E-state index contributed by atoms with van der Waals surface area (Å²) in [5, 5.41) is 3.97. The fraction of sp³-hybridized carbons (Fsp3) is 0.526. The molecule has 2 fully saturated rings. The van der Waals surface area contributed by atoms with Crippen molar-refractivity contribution >= 4 is 21.1 Å². The fourth-order valence-electron chi connectivity index (χ4n) is 3.83. The first-order valence-electron chi connectivity index (χ1n) is 10.1. The molecule has 0 spiro atoms. The van der Waals surface area contributed by atoms with Crippen LogP contribution in [0.2, 0.25) is 0 Å². The van der Waals surface area contributed by atoms with Crippen LogP contribution in [-0.2, 0) is 16.6 Å². The molecule has 2 aromatic heterocycles. The molecule has 1 aromatic carbocycles. The molecule has 0 amide bonds. The highest BCUT2D eigenvalue weighted by Crippen LogP contribution is 2.35. The van der Waals surface area contributed by atoms with Gasteiger partial charge in [-0.15, -0.1) is 0 Å². The van der Waals surface area contributed by atoms with Gasteiger partial charge in [-0.25, -0.2) is 13.2 Å². The Morgan fingerprint density at radius 1 is 1.17 bits per heavy atom. The van der Waals surface area contributed by atoms with E-state index in [2.05, 4.69) is 15.0 Å². The lowest BCUT2D eigenvalue weighted by Gasteiger charge is -2.31. The monoisotopic (exact) mass is 433 g/mol. The van der Waals surface area contributed by atoms with E-state index in [4.69, 9.17) is 8.94 Å². The number of oxazole rings is 1. The molecule has 1 aliphatic carbocycles. The Morgan fingerprint density at radius 2 is 1.93 bits per heavy atom. The highest BCUT2D eigenvalue weighted by molar-refractivity contribution is 7.89. The van der Waals surface area contributed by atoms with E-state index >= 15 is 0 Å². The minimum Gasteiger partial charge on any atom is -0.408 e. The van der Waals surface area contributed by atoms with Crippen LogP contribution in [0.5, 0.6) is 0 Å². The van der Waals surface area contributed by atoms with Crippen LogP contribution >= 0.6 is 0 Å². The van der Waals surface area contributed by atoms with E-state index in [0.29, 0.717) is 49.3 Å². The van der Waals surface area contributed by atoms with Gasteiger partial charge >= 0.3 is 5.76 Å². The second kappa shape index (κ2) is 7.33. The van der Waals surface area contributed by atoms with Crippen molar-refractivity contribution in [1.29, 1.82) is 0 Å². The zero-order chi connectivity index (χ0) is 20.9. The molecule has 10 nitrogen and oxygen atoms in total. The van der Waals surface area contributed by atoms with Crippen molar-refractivity contribution in [2.75, 3.05) is 33.2 Å². The summed E-state index contributed by atoms with van der Waals surface area (Å²) in [4.78, 5) is 19.0.